The minimum atomic E-state index is -0.359. The lowest BCUT2D eigenvalue weighted by atomic mass is 10.2. The van der Waals surface area contributed by atoms with E-state index < -0.39 is 0 Å². The zero-order valence-electron chi connectivity index (χ0n) is 9.66. The van der Waals surface area contributed by atoms with Gasteiger partial charge in [0.15, 0.2) is 0 Å². The molecule has 1 aromatic rings. The maximum Gasteiger partial charge on any atom is 0.253 e. The third-order valence-electron chi connectivity index (χ3n) is 2.30. The molecule has 1 aromatic carbocycles. The van der Waals surface area contributed by atoms with Crippen molar-refractivity contribution in [2.75, 3.05) is 32.7 Å². The van der Waals surface area contributed by atoms with Gasteiger partial charge in [0.25, 0.3) is 5.91 Å². The van der Waals surface area contributed by atoms with Crippen LogP contribution in [0.25, 0.3) is 0 Å². The van der Waals surface area contributed by atoms with Crippen LogP contribution < -0.4 is 0 Å². The van der Waals surface area contributed by atoms with Crippen LogP contribution in [0.15, 0.2) is 24.3 Å². The van der Waals surface area contributed by atoms with Crippen LogP contribution >= 0.6 is 11.6 Å². The zero-order chi connectivity index (χ0) is 12.7. The van der Waals surface area contributed by atoms with Crippen molar-refractivity contribution in [3.8, 4) is 0 Å². The molecule has 94 valence electrons. The second-order valence-electron chi connectivity index (χ2n) is 3.48. The summed E-state index contributed by atoms with van der Waals surface area (Å²) < 4.78 is 17.7. The molecule has 0 aliphatic heterocycles. The van der Waals surface area contributed by atoms with Crippen LogP contribution in [0, 0.1) is 5.82 Å². The topological polar surface area (TPSA) is 29.5 Å². The first-order valence-corrected chi connectivity index (χ1v) is 5.82. The molecule has 17 heavy (non-hydrogen) atoms. The fourth-order valence-corrected chi connectivity index (χ4v) is 1.60. The largest absolute Gasteiger partial charge is 0.383 e. The molecule has 0 saturated heterocycles. The summed E-state index contributed by atoms with van der Waals surface area (Å²) in [5.74, 6) is -0.165. The maximum absolute atomic E-state index is 12.7. The van der Waals surface area contributed by atoms with Crippen molar-refractivity contribution < 1.29 is 13.9 Å². The number of alkyl halides is 1. The Hall–Kier alpha value is -1.13. The van der Waals surface area contributed by atoms with Crippen LogP contribution in [0.4, 0.5) is 4.39 Å². The Morgan fingerprint density at radius 2 is 2.00 bits per heavy atom. The average molecular weight is 260 g/mol. The van der Waals surface area contributed by atoms with Gasteiger partial charge >= 0.3 is 0 Å². The highest BCUT2D eigenvalue weighted by Gasteiger charge is 2.14. The Labute approximate surface area is 105 Å². The maximum atomic E-state index is 12.7. The fraction of sp³-hybridized carbons (Fsp3) is 0.417. The van der Waals surface area contributed by atoms with Crippen LogP contribution in [-0.2, 0) is 4.74 Å². The van der Waals surface area contributed by atoms with Crippen molar-refractivity contribution in [2.45, 2.75) is 0 Å². The Morgan fingerprint density at radius 3 is 2.53 bits per heavy atom. The van der Waals surface area contributed by atoms with E-state index in [4.69, 9.17) is 16.3 Å². The van der Waals surface area contributed by atoms with Gasteiger partial charge in [-0.3, -0.25) is 4.79 Å². The number of amides is 1. The minimum Gasteiger partial charge on any atom is -0.383 e. The lowest BCUT2D eigenvalue weighted by molar-refractivity contribution is 0.0708. The molecule has 0 aromatic heterocycles. The molecule has 1 rings (SSSR count). The molecule has 0 saturated carbocycles. The molecule has 3 nitrogen and oxygen atoms in total. The number of nitrogens with zero attached hydrogens (tertiary/aromatic N) is 1. The van der Waals surface area contributed by atoms with Gasteiger partial charge in [-0.1, -0.05) is 0 Å². The van der Waals surface area contributed by atoms with Gasteiger partial charge in [-0.05, 0) is 24.3 Å². The first-order chi connectivity index (χ1) is 8.19. The molecule has 0 atom stereocenters. The molecular weight excluding hydrogens is 245 g/mol. The molecule has 0 spiro atoms. The minimum absolute atomic E-state index is 0.164. The molecule has 0 bridgehead atoms. The smallest absolute Gasteiger partial charge is 0.253 e. The fourth-order valence-electron chi connectivity index (χ4n) is 1.39. The van der Waals surface area contributed by atoms with E-state index in [9.17, 15) is 9.18 Å². The van der Waals surface area contributed by atoms with Gasteiger partial charge in [-0.25, -0.2) is 4.39 Å². The van der Waals surface area contributed by atoms with Gasteiger partial charge in [0.1, 0.15) is 5.82 Å². The monoisotopic (exact) mass is 259 g/mol. The predicted molar refractivity (Wildman–Crippen MR) is 64.9 cm³/mol. The molecular formula is C12H15ClFNO2. The van der Waals surface area contributed by atoms with Gasteiger partial charge in [0, 0.05) is 31.6 Å². The summed E-state index contributed by atoms with van der Waals surface area (Å²) in [5.41, 5.74) is 0.451. The van der Waals surface area contributed by atoms with Crippen molar-refractivity contribution in [1.82, 2.24) is 4.90 Å². The Kier molecular flexibility index (Phi) is 5.94. The Balaban J connectivity index is 2.72. The summed E-state index contributed by atoms with van der Waals surface area (Å²) in [4.78, 5) is 13.6. The highest BCUT2D eigenvalue weighted by molar-refractivity contribution is 6.18. The van der Waals surface area contributed by atoms with Gasteiger partial charge in [-0.2, -0.15) is 0 Å². The summed E-state index contributed by atoms with van der Waals surface area (Å²) in [7, 11) is 1.57. The number of carbonyl (C=O) groups is 1. The lowest BCUT2D eigenvalue weighted by Gasteiger charge is -2.21. The highest BCUT2D eigenvalue weighted by Crippen LogP contribution is 2.07. The number of carbonyl (C=O) groups excluding carboxylic acids is 1. The van der Waals surface area contributed by atoms with Gasteiger partial charge in [-0.15, -0.1) is 11.6 Å². The number of rotatable bonds is 6. The second-order valence-corrected chi connectivity index (χ2v) is 3.86. The van der Waals surface area contributed by atoms with E-state index in [0.29, 0.717) is 31.1 Å². The van der Waals surface area contributed by atoms with Crippen LogP contribution in [0.1, 0.15) is 10.4 Å². The molecule has 0 aliphatic rings. The van der Waals surface area contributed by atoms with E-state index in [1.165, 1.54) is 24.3 Å². The summed E-state index contributed by atoms with van der Waals surface area (Å²) in [6.45, 7) is 1.37. The number of benzene rings is 1. The molecule has 0 fully saturated rings. The summed E-state index contributed by atoms with van der Waals surface area (Å²) in [6, 6.07) is 5.46. The van der Waals surface area contributed by atoms with Gasteiger partial charge in [0.2, 0.25) is 0 Å². The number of hydrogen-bond acceptors (Lipinski definition) is 2. The van der Waals surface area contributed by atoms with Crippen molar-refractivity contribution in [1.29, 1.82) is 0 Å². The third-order valence-corrected chi connectivity index (χ3v) is 2.47. The SMILES string of the molecule is COCCN(CCCl)C(=O)c1ccc(F)cc1. The van der Waals surface area contributed by atoms with Crippen molar-refractivity contribution >= 4 is 17.5 Å². The molecule has 5 heteroatoms. The molecule has 1 amide bonds. The Morgan fingerprint density at radius 1 is 1.35 bits per heavy atom. The lowest BCUT2D eigenvalue weighted by Crippen LogP contribution is -2.35. The number of ether oxygens (including phenoxy) is 1. The van der Waals surface area contributed by atoms with Crippen LogP contribution in [0.2, 0.25) is 0 Å². The van der Waals surface area contributed by atoms with E-state index in [1.807, 2.05) is 0 Å². The van der Waals surface area contributed by atoms with E-state index in [2.05, 4.69) is 0 Å². The van der Waals surface area contributed by atoms with Gasteiger partial charge < -0.3 is 9.64 Å². The van der Waals surface area contributed by atoms with Crippen LogP contribution in [0.3, 0.4) is 0 Å². The summed E-state index contributed by atoms with van der Waals surface area (Å²) in [5, 5.41) is 0. The third kappa shape index (κ3) is 4.32. The summed E-state index contributed by atoms with van der Waals surface area (Å²) in [6.07, 6.45) is 0. The zero-order valence-corrected chi connectivity index (χ0v) is 10.4. The molecule has 0 unspecified atom stereocenters. The van der Waals surface area contributed by atoms with Crippen molar-refractivity contribution in [3.63, 3.8) is 0 Å². The molecule has 0 heterocycles. The predicted octanol–water partition coefficient (Wildman–Crippen LogP) is 2.15. The molecule has 0 N–H and O–H groups in total. The van der Waals surface area contributed by atoms with E-state index in [1.54, 1.807) is 12.0 Å². The molecule has 0 aliphatic carbocycles. The molecule has 0 radical (unpaired) electrons. The van der Waals surface area contributed by atoms with Crippen molar-refractivity contribution in [2.24, 2.45) is 0 Å². The standard InChI is InChI=1S/C12H15ClFNO2/c1-17-9-8-15(7-6-13)12(16)10-2-4-11(14)5-3-10/h2-5H,6-9H2,1H3. The Bertz CT molecular complexity index is 356. The highest BCUT2D eigenvalue weighted by atomic mass is 35.5. The first-order valence-electron chi connectivity index (χ1n) is 5.28. The normalized spacial score (nSPS) is 10.3. The number of methoxy groups -OCH3 is 1. The van der Waals surface area contributed by atoms with E-state index >= 15 is 0 Å². The number of hydrogen-bond donors (Lipinski definition) is 0. The first kappa shape index (κ1) is 13.9. The number of halogens is 2. The van der Waals surface area contributed by atoms with Crippen LogP contribution in [-0.4, -0.2) is 43.5 Å². The summed E-state index contributed by atoms with van der Waals surface area (Å²) >= 11 is 5.64. The van der Waals surface area contributed by atoms with Crippen molar-refractivity contribution in [3.05, 3.63) is 35.6 Å². The second kappa shape index (κ2) is 7.25. The average Bonchev–Trinajstić information content (AvgIpc) is 2.34. The quantitative estimate of drug-likeness (QED) is 0.733. The van der Waals surface area contributed by atoms with Crippen LogP contribution in [0.5, 0.6) is 0 Å². The van der Waals surface area contributed by atoms with E-state index in [-0.39, 0.29) is 11.7 Å². The van der Waals surface area contributed by atoms with Gasteiger partial charge in [0.05, 0.1) is 6.61 Å². The van der Waals surface area contributed by atoms with E-state index in [0.717, 1.165) is 0 Å².